The summed E-state index contributed by atoms with van der Waals surface area (Å²) in [6, 6.07) is 3.73. The van der Waals surface area contributed by atoms with Crippen molar-refractivity contribution in [2.45, 2.75) is 46.5 Å². The van der Waals surface area contributed by atoms with Crippen molar-refractivity contribution in [1.29, 1.82) is 0 Å². The quantitative estimate of drug-likeness (QED) is 0.776. The highest BCUT2D eigenvalue weighted by molar-refractivity contribution is 5.95. The molecule has 1 atom stereocenters. The van der Waals surface area contributed by atoms with E-state index in [-0.39, 0.29) is 17.7 Å². The maximum atomic E-state index is 13.1. The van der Waals surface area contributed by atoms with Crippen molar-refractivity contribution >= 4 is 23.3 Å². The molecule has 3 heterocycles. The summed E-state index contributed by atoms with van der Waals surface area (Å²) in [7, 11) is 2.08. The zero-order valence-corrected chi connectivity index (χ0v) is 18.0. The van der Waals surface area contributed by atoms with Crippen molar-refractivity contribution in [2.75, 3.05) is 31.6 Å². The molecule has 29 heavy (non-hydrogen) atoms. The summed E-state index contributed by atoms with van der Waals surface area (Å²) in [5.74, 6) is 1.03. The molecule has 2 N–H and O–H groups in total. The number of primary amides is 1. The second-order valence-corrected chi connectivity index (χ2v) is 8.48. The maximum absolute atomic E-state index is 13.1. The first-order chi connectivity index (χ1) is 13.8. The van der Waals surface area contributed by atoms with Crippen molar-refractivity contribution in [3.63, 3.8) is 0 Å². The summed E-state index contributed by atoms with van der Waals surface area (Å²) < 4.78 is 2.03. The van der Waals surface area contributed by atoms with Crippen LogP contribution >= 0.6 is 0 Å². The summed E-state index contributed by atoms with van der Waals surface area (Å²) in [6.45, 7) is 8.54. The molecule has 1 unspecified atom stereocenters. The molecule has 1 fully saturated rings. The third kappa shape index (κ3) is 4.54. The molecule has 1 aliphatic heterocycles. The first kappa shape index (κ1) is 21.1. The predicted molar refractivity (Wildman–Crippen MR) is 115 cm³/mol. The number of nitrogens with zero attached hydrogens (tertiary/aromatic N) is 4. The van der Waals surface area contributed by atoms with Gasteiger partial charge < -0.3 is 15.5 Å². The summed E-state index contributed by atoms with van der Waals surface area (Å²) >= 11 is 0. The number of hydrogen-bond acceptors (Lipinski definition) is 4. The van der Waals surface area contributed by atoms with Crippen molar-refractivity contribution in [1.82, 2.24) is 14.3 Å². The number of anilines is 1. The van der Waals surface area contributed by atoms with Crippen LogP contribution in [0.4, 0.5) is 5.82 Å². The van der Waals surface area contributed by atoms with Crippen LogP contribution in [-0.4, -0.2) is 52.8 Å². The van der Waals surface area contributed by atoms with E-state index in [4.69, 9.17) is 10.7 Å². The average Bonchev–Trinajstić information content (AvgIpc) is 3.09. The van der Waals surface area contributed by atoms with Crippen LogP contribution in [0.25, 0.3) is 5.65 Å². The number of amides is 2. The summed E-state index contributed by atoms with van der Waals surface area (Å²) in [4.78, 5) is 33.4. The van der Waals surface area contributed by atoms with E-state index in [1.807, 2.05) is 22.7 Å². The van der Waals surface area contributed by atoms with Gasteiger partial charge in [0.15, 0.2) is 0 Å². The van der Waals surface area contributed by atoms with Gasteiger partial charge in [-0.05, 0) is 43.7 Å². The van der Waals surface area contributed by atoms with Crippen LogP contribution in [0.1, 0.15) is 56.1 Å². The van der Waals surface area contributed by atoms with E-state index in [0.29, 0.717) is 24.6 Å². The third-order valence-corrected chi connectivity index (χ3v) is 5.76. The Morgan fingerprint density at radius 3 is 2.76 bits per heavy atom. The van der Waals surface area contributed by atoms with E-state index < -0.39 is 0 Å². The first-order valence-corrected chi connectivity index (χ1v) is 10.6. The molecule has 0 saturated carbocycles. The van der Waals surface area contributed by atoms with Crippen LogP contribution in [0, 0.1) is 11.8 Å². The minimum absolute atomic E-state index is 0.0552. The Morgan fingerprint density at radius 1 is 1.34 bits per heavy atom. The Kier molecular flexibility index (Phi) is 6.45. The summed E-state index contributed by atoms with van der Waals surface area (Å²) in [5.41, 5.74) is 7.96. The van der Waals surface area contributed by atoms with Gasteiger partial charge in [0.1, 0.15) is 11.5 Å². The molecule has 2 amide bonds. The number of fused-ring (bicyclic) bond motifs is 1. The van der Waals surface area contributed by atoms with Gasteiger partial charge in [-0.2, -0.15) is 0 Å². The molecule has 0 spiro atoms. The smallest absolute Gasteiger partial charge is 0.255 e. The number of carbonyl (C=O) groups is 2. The lowest BCUT2D eigenvalue weighted by atomic mass is 9.97. The van der Waals surface area contributed by atoms with E-state index in [2.05, 4.69) is 32.7 Å². The van der Waals surface area contributed by atoms with Crippen molar-refractivity contribution in [3.05, 3.63) is 29.6 Å². The Balaban J connectivity index is 1.91. The zero-order chi connectivity index (χ0) is 21.1. The molecule has 1 saturated heterocycles. The molecule has 7 heteroatoms. The van der Waals surface area contributed by atoms with Crippen LogP contribution in [0.5, 0.6) is 0 Å². The van der Waals surface area contributed by atoms with Crippen LogP contribution in [0.15, 0.2) is 18.3 Å². The summed E-state index contributed by atoms with van der Waals surface area (Å²) in [5, 5.41) is 0. The first-order valence-electron chi connectivity index (χ1n) is 10.6. The number of carbonyl (C=O) groups excluding carboxylic acids is 2. The van der Waals surface area contributed by atoms with Crippen LogP contribution in [0.2, 0.25) is 0 Å². The molecule has 2 aromatic rings. The molecule has 7 nitrogen and oxygen atoms in total. The Morgan fingerprint density at radius 2 is 2.10 bits per heavy atom. The van der Waals surface area contributed by atoms with Gasteiger partial charge in [-0.25, -0.2) is 4.98 Å². The molecular weight excluding hydrogens is 366 g/mol. The van der Waals surface area contributed by atoms with Gasteiger partial charge >= 0.3 is 0 Å². The second kappa shape index (κ2) is 8.84. The predicted octanol–water partition coefficient (Wildman–Crippen LogP) is 2.72. The van der Waals surface area contributed by atoms with E-state index in [0.717, 1.165) is 49.4 Å². The number of rotatable bonds is 7. The standard InChI is InChI=1S/C22H33N5O2/c1-5-18-21(25(4)12-10-15(2)3)27-14-17(8-9-19(27)24-18)22(29)26-11-6-7-16(13-26)20(23)28/h8-9,14-16H,5-7,10-13H2,1-4H3,(H2,23,28). The topological polar surface area (TPSA) is 83.9 Å². The average molecular weight is 400 g/mol. The lowest BCUT2D eigenvalue weighted by Crippen LogP contribution is -2.44. The third-order valence-electron chi connectivity index (χ3n) is 5.76. The van der Waals surface area contributed by atoms with E-state index in [1.54, 1.807) is 4.90 Å². The number of piperidine rings is 1. The van der Waals surface area contributed by atoms with Gasteiger partial charge in [-0.1, -0.05) is 20.8 Å². The van der Waals surface area contributed by atoms with Gasteiger partial charge in [-0.15, -0.1) is 0 Å². The fourth-order valence-corrected chi connectivity index (χ4v) is 3.98. The van der Waals surface area contributed by atoms with Crippen molar-refractivity contribution in [3.8, 4) is 0 Å². The highest BCUT2D eigenvalue weighted by atomic mass is 16.2. The second-order valence-electron chi connectivity index (χ2n) is 8.48. The van der Waals surface area contributed by atoms with Gasteiger partial charge in [0.05, 0.1) is 17.2 Å². The van der Waals surface area contributed by atoms with Crippen molar-refractivity contribution < 1.29 is 9.59 Å². The van der Waals surface area contributed by atoms with Gasteiger partial charge in [0.2, 0.25) is 5.91 Å². The fraction of sp³-hybridized carbons (Fsp3) is 0.591. The van der Waals surface area contributed by atoms with E-state index in [1.165, 1.54) is 0 Å². The maximum Gasteiger partial charge on any atom is 0.255 e. The highest BCUT2D eigenvalue weighted by Gasteiger charge is 2.28. The fourth-order valence-electron chi connectivity index (χ4n) is 3.98. The molecule has 0 aliphatic carbocycles. The minimum atomic E-state index is -0.325. The Hall–Kier alpha value is -2.57. The van der Waals surface area contributed by atoms with Crippen LogP contribution in [-0.2, 0) is 11.2 Å². The molecular formula is C22H33N5O2. The number of aromatic nitrogens is 2. The number of nitrogens with two attached hydrogens (primary N) is 1. The Bertz CT molecular complexity index is 889. The molecule has 3 rings (SSSR count). The van der Waals surface area contributed by atoms with Gasteiger partial charge in [0, 0.05) is 32.9 Å². The number of aryl methyl sites for hydroxylation is 1. The number of likely N-dealkylation sites (tertiary alicyclic amines) is 1. The molecule has 2 aromatic heterocycles. The van der Waals surface area contributed by atoms with Crippen LogP contribution in [0.3, 0.4) is 0 Å². The monoisotopic (exact) mass is 399 g/mol. The van der Waals surface area contributed by atoms with Gasteiger partial charge in [-0.3, -0.25) is 14.0 Å². The normalized spacial score (nSPS) is 17.1. The molecule has 158 valence electrons. The number of hydrogen-bond donors (Lipinski definition) is 1. The number of imidazole rings is 1. The Labute approximate surface area is 172 Å². The largest absolute Gasteiger partial charge is 0.369 e. The van der Waals surface area contributed by atoms with E-state index in [9.17, 15) is 9.59 Å². The SMILES string of the molecule is CCc1nc2ccc(C(=O)N3CCCC(C(N)=O)C3)cn2c1N(C)CCC(C)C. The molecule has 0 aromatic carbocycles. The van der Waals surface area contributed by atoms with Crippen LogP contribution < -0.4 is 10.6 Å². The van der Waals surface area contributed by atoms with Gasteiger partial charge in [0.25, 0.3) is 5.91 Å². The lowest BCUT2D eigenvalue weighted by Gasteiger charge is -2.31. The van der Waals surface area contributed by atoms with Crippen molar-refractivity contribution in [2.24, 2.45) is 17.6 Å². The molecule has 1 aliphatic rings. The summed E-state index contributed by atoms with van der Waals surface area (Å²) in [6.07, 6.45) is 5.37. The number of pyridine rings is 1. The van der Waals surface area contributed by atoms with E-state index >= 15 is 0 Å². The highest BCUT2D eigenvalue weighted by Crippen LogP contribution is 2.25. The molecule has 0 bridgehead atoms. The minimum Gasteiger partial charge on any atom is -0.369 e. The lowest BCUT2D eigenvalue weighted by molar-refractivity contribution is -0.123. The molecule has 0 radical (unpaired) electrons. The zero-order valence-electron chi connectivity index (χ0n) is 18.0.